The summed E-state index contributed by atoms with van der Waals surface area (Å²) in [6.07, 6.45) is 2.55. The van der Waals surface area contributed by atoms with Crippen LogP contribution in [0.4, 0.5) is 0 Å². The Morgan fingerprint density at radius 1 is 1.53 bits per heavy atom. The summed E-state index contributed by atoms with van der Waals surface area (Å²) in [5.74, 6) is 1.51. The summed E-state index contributed by atoms with van der Waals surface area (Å²) in [6.45, 7) is 0.770. The van der Waals surface area contributed by atoms with Gasteiger partial charge in [0.25, 0.3) is 0 Å². The second-order valence-corrected chi connectivity index (χ2v) is 5.11. The van der Waals surface area contributed by atoms with Crippen molar-refractivity contribution in [2.45, 2.75) is 12.8 Å². The molecule has 0 aliphatic heterocycles. The van der Waals surface area contributed by atoms with Gasteiger partial charge < -0.3 is 10.5 Å². The van der Waals surface area contributed by atoms with Crippen LogP contribution >= 0.6 is 28.1 Å². The molecule has 2 rings (SSSR count). The predicted octanol–water partition coefficient (Wildman–Crippen LogP) is 2.87. The smallest absolute Gasteiger partial charge is 0.130 e. The first-order valence-electron chi connectivity index (χ1n) is 4.89. The molecule has 1 aromatic rings. The van der Waals surface area contributed by atoms with Crippen LogP contribution in [0.15, 0.2) is 22.7 Å². The van der Waals surface area contributed by atoms with E-state index >= 15 is 0 Å². The van der Waals surface area contributed by atoms with E-state index in [0.717, 1.165) is 28.3 Å². The SMILES string of the molecule is NC(=S)c1ccc(Br)cc1OCC1CC1. The van der Waals surface area contributed by atoms with E-state index < -0.39 is 0 Å². The Labute approximate surface area is 103 Å². The van der Waals surface area contributed by atoms with Crippen LogP contribution in [-0.4, -0.2) is 11.6 Å². The topological polar surface area (TPSA) is 35.2 Å². The van der Waals surface area contributed by atoms with Gasteiger partial charge in [0, 0.05) is 4.47 Å². The van der Waals surface area contributed by atoms with E-state index in [9.17, 15) is 0 Å². The summed E-state index contributed by atoms with van der Waals surface area (Å²) in [4.78, 5) is 0.383. The van der Waals surface area contributed by atoms with E-state index in [-0.39, 0.29) is 0 Å². The number of ether oxygens (including phenoxy) is 1. The van der Waals surface area contributed by atoms with Gasteiger partial charge in [-0.1, -0.05) is 28.1 Å². The van der Waals surface area contributed by atoms with E-state index in [1.54, 1.807) is 0 Å². The summed E-state index contributed by atoms with van der Waals surface area (Å²) in [5.41, 5.74) is 6.44. The van der Waals surface area contributed by atoms with Crippen LogP contribution in [0, 0.1) is 5.92 Å². The molecule has 1 aromatic carbocycles. The fraction of sp³-hybridized carbons (Fsp3) is 0.364. The van der Waals surface area contributed by atoms with E-state index in [1.807, 2.05) is 18.2 Å². The van der Waals surface area contributed by atoms with Crippen molar-refractivity contribution in [3.8, 4) is 5.75 Å². The zero-order valence-corrected chi connectivity index (χ0v) is 10.6. The predicted molar refractivity (Wildman–Crippen MR) is 68.2 cm³/mol. The van der Waals surface area contributed by atoms with Crippen LogP contribution in [-0.2, 0) is 0 Å². The van der Waals surface area contributed by atoms with Gasteiger partial charge in [0.1, 0.15) is 10.7 Å². The van der Waals surface area contributed by atoms with Crippen molar-refractivity contribution in [3.05, 3.63) is 28.2 Å². The van der Waals surface area contributed by atoms with Crippen LogP contribution in [0.25, 0.3) is 0 Å². The van der Waals surface area contributed by atoms with Crippen LogP contribution in [0.1, 0.15) is 18.4 Å². The molecule has 15 heavy (non-hydrogen) atoms. The fourth-order valence-electron chi connectivity index (χ4n) is 1.31. The molecule has 4 heteroatoms. The minimum absolute atomic E-state index is 0.383. The summed E-state index contributed by atoms with van der Waals surface area (Å²) in [7, 11) is 0. The average molecular weight is 286 g/mol. The Kier molecular flexibility index (Phi) is 3.26. The first-order valence-corrected chi connectivity index (χ1v) is 6.09. The summed E-state index contributed by atoms with van der Waals surface area (Å²) < 4.78 is 6.69. The number of hydrogen-bond acceptors (Lipinski definition) is 2. The van der Waals surface area contributed by atoms with Crippen LogP contribution in [0.2, 0.25) is 0 Å². The molecule has 1 aliphatic rings. The molecule has 0 atom stereocenters. The highest BCUT2D eigenvalue weighted by Gasteiger charge is 2.22. The van der Waals surface area contributed by atoms with E-state index in [2.05, 4.69) is 15.9 Å². The first kappa shape index (κ1) is 10.9. The van der Waals surface area contributed by atoms with Crippen molar-refractivity contribution in [2.24, 2.45) is 11.7 Å². The number of rotatable bonds is 4. The molecule has 2 N–H and O–H groups in total. The molecular formula is C11H12BrNOS. The van der Waals surface area contributed by atoms with Gasteiger partial charge in [-0.3, -0.25) is 0 Å². The lowest BCUT2D eigenvalue weighted by molar-refractivity contribution is 0.299. The largest absolute Gasteiger partial charge is 0.493 e. The third-order valence-corrected chi connectivity index (χ3v) is 3.09. The van der Waals surface area contributed by atoms with Crippen molar-refractivity contribution in [1.82, 2.24) is 0 Å². The Bertz CT molecular complexity index is 390. The number of hydrogen-bond donors (Lipinski definition) is 1. The molecule has 0 bridgehead atoms. The Hall–Kier alpha value is -0.610. The van der Waals surface area contributed by atoms with Crippen molar-refractivity contribution >= 4 is 33.1 Å². The monoisotopic (exact) mass is 285 g/mol. The maximum Gasteiger partial charge on any atom is 0.130 e. The molecule has 80 valence electrons. The van der Waals surface area contributed by atoms with Crippen molar-refractivity contribution in [3.63, 3.8) is 0 Å². The summed E-state index contributed by atoms with van der Waals surface area (Å²) >= 11 is 8.37. The summed E-state index contributed by atoms with van der Waals surface area (Å²) in [5, 5.41) is 0. The summed E-state index contributed by atoms with van der Waals surface area (Å²) in [6, 6.07) is 5.71. The Morgan fingerprint density at radius 3 is 2.87 bits per heavy atom. The second kappa shape index (κ2) is 4.49. The van der Waals surface area contributed by atoms with Crippen LogP contribution in [0.5, 0.6) is 5.75 Å². The zero-order valence-electron chi connectivity index (χ0n) is 8.20. The van der Waals surface area contributed by atoms with Crippen molar-refractivity contribution in [2.75, 3.05) is 6.61 Å². The molecule has 0 aromatic heterocycles. The molecular weight excluding hydrogens is 274 g/mol. The third kappa shape index (κ3) is 2.92. The van der Waals surface area contributed by atoms with Crippen molar-refractivity contribution < 1.29 is 4.74 Å². The highest BCUT2D eigenvalue weighted by atomic mass is 79.9. The van der Waals surface area contributed by atoms with Gasteiger partial charge in [0.05, 0.1) is 12.2 Å². The second-order valence-electron chi connectivity index (χ2n) is 3.76. The normalized spacial score (nSPS) is 15.0. The average Bonchev–Trinajstić information content (AvgIpc) is 2.97. The zero-order chi connectivity index (χ0) is 10.8. The van der Waals surface area contributed by atoms with E-state index in [0.29, 0.717) is 4.99 Å². The number of nitrogens with two attached hydrogens (primary N) is 1. The molecule has 1 saturated carbocycles. The van der Waals surface area contributed by atoms with Gasteiger partial charge in [0.2, 0.25) is 0 Å². The van der Waals surface area contributed by atoms with Gasteiger partial charge in [-0.15, -0.1) is 0 Å². The minimum Gasteiger partial charge on any atom is -0.493 e. The van der Waals surface area contributed by atoms with Crippen LogP contribution in [0.3, 0.4) is 0 Å². The standard InChI is InChI=1S/C11H12BrNOS/c12-8-3-4-9(11(13)15)10(5-8)14-6-7-1-2-7/h3-5,7H,1-2,6H2,(H2,13,15). The van der Waals surface area contributed by atoms with Crippen LogP contribution < -0.4 is 10.5 Å². The maximum absolute atomic E-state index is 5.71. The highest BCUT2D eigenvalue weighted by Crippen LogP contribution is 2.31. The molecule has 0 radical (unpaired) electrons. The van der Waals surface area contributed by atoms with Crippen molar-refractivity contribution in [1.29, 1.82) is 0 Å². The first-order chi connectivity index (χ1) is 7.16. The lowest BCUT2D eigenvalue weighted by Gasteiger charge is -2.10. The van der Waals surface area contributed by atoms with Gasteiger partial charge in [0.15, 0.2) is 0 Å². The Morgan fingerprint density at radius 2 is 2.27 bits per heavy atom. The molecule has 0 spiro atoms. The molecule has 0 saturated heterocycles. The molecule has 1 fully saturated rings. The van der Waals surface area contributed by atoms with Gasteiger partial charge in [-0.05, 0) is 37.0 Å². The third-order valence-electron chi connectivity index (χ3n) is 2.38. The molecule has 1 aliphatic carbocycles. The molecule has 0 amide bonds. The number of thiocarbonyl (C=S) groups is 1. The quantitative estimate of drug-likeness (QED) is 0.864. The highest BCUT2D eigenvalue weighted by molar-refractivity contribution is 9.10. The maximum atomic E-state index is 5.71. The van der Waals surface area contributed by atoms with E-state index in [4.69, 9.17) is 22.7 Å². The lowest BCUT2D eigenvalue weighted by atomic mass is 10.2. The van der Waals surface area contributed by atoms with Gasteiger partial charge in [-0.2, -0.15) is 0 Å². The van der Waals surface area contributed by atoms with Gasteiger partial charge in [-0.25, -0.2) is 0 Å². The number of halogens is 1. The fourth-order valence-corrected chi connectivity index (χ4v) is 1.82. The van der Waals surface area contributed by atoms with Gasteiger partial charge >= 0.3 is 0 Å². The minimum atomic E-state index is 0.383. The Balaban J connectivity index is 2.16. The van der Waals surface area contributed by atoms with E-state index in [1.165, 1.54) is 12.8 Å². The molecule has 0 unspecified atom stereocenters. The molecule has 2 nitrogen and oxygen atoms in total. The lowest BCUT2D eigenvalue weighted by Crippen LogP contribution is -2.12. The molecule has 0 heterocycles. The number of benzene rings is 1.